The first kappa shape index (κ1) is 19.2. The summed E-state index contributed by atoms with van der Waals surface area (Å²) in [5.74, 6) is -2.19. The monoisotopic (exact) mass is 304 g/mol. The molecule has 0 saturated carbocycles. The number of rotatable bonds is 7. The maximum Gasteiger partial charge on any atom is 0.335 e. The average Bonchev–Trinajstić information content (AvgIpc) is 2.46. The maximum atomic E-state index is 11.1. The second-order valence-corrected chi connectivity index (χ2v) is 4.18. The van der Waals surface area contributed by atoms with Crippen molar-refractivity contribution in [2.45, 2.75) is 13.8 Å². The zero-order valence-corrected chi connectivity index (χ0v) is 13.1. The van der Waals surface area contributed by atoms with E-state index in [1.807, 2.05) is 0 Å². The summed E-state index contributed by atoms with van der Waals surface area (Å²) < 4.78 is 0. The van der Waals surface area contributed by atoms with Crippen LogP contribution in [-0.2, 0) is 9.59 Å². The van der Waals surface area contributed by atoms with E-state index in [4.69, 9.17) is 10.2 Å². The van der Waals surface area contributed by atoms with E-state index in [2.05, 4.69) is 9.98 Å². The van der Waals surface area contributed by atoms with Crippen molar-refractivity contribution in [3.8, 4) is 0 Å². The lowest BCUT2D eigenvalue weighted by molar-refractivity contribution is -0.133. The van der Waals surface area contributed by atoms with Crippen LogP contribution in [-0.4, -0.2) is 48.2 Å². The Hall–Kier alpha value is -2.76. The molecule has 0 spiro atoms. The van der Waals surface area contributed by atoms with Gasteiger partial charge in [0.2, 0.25) is 0 Å². The molecule has 118 valence electrons. The Morgan fingerprint density at radius 3 is 2.00 bits per heavy atom. The quantitative estimate of drug-likeness (QED) is 0.428. The minimum Gasteiger partial charge on any atom is -0.478 e. The molecule has 0 radical (unpaired) electrons. The Morgan fingerprint density at radius 1 is 1.00 bits per heavy atom. The number of carboxylic acids is 2. The normalized spacial score (nSPS) is 14.9. The van der Waals surface area contributed by atoms with E-state index in [0.717, 1.165) is 0 Å². The van der Waals surface area contributed by atoms with Crippen molar-refractivity contribution in [2.75, 3.05) is 14.1 Å². The number of aliphatic imine (C=N–C) groups is 2. The van der Waals surface area contributed by atoms with Crippen LogP contribution in [0.2, 0.25) is 0 Å². The smallest absolute Gasteiger partial charge is 0.335 e. The van der Waals surface area contributed by atoms with Gasteiger partial charge >= 0.3 is 11.9 Å². The molecule has 0 aromatic rings. The Balaban J connectivity index is 5.76. The number of hydrogen-bond donors (Lipinski definition) is 2. The molecule has 0 heterocycles. The minimum absolute atomic E-state index is 0.0283. The third-order valence-electron chi connectivity index (χ3n) is 2.55. The number of nitrogens with zero attached hydrogens (tertiary/aromatic N) is 2. The zero-order chi connectivity index (χ0) is 17.1. The molecular weight excluding hydrogens is 284 g/mol. The molecule has 0 saturated heterocycles. The molecule has 0 bridgehead atoms. The Bertz CT molecular complexity index is 606. The highest BCUT2D eigenvalue weighted by Crippen LogP contribution is 2.09. The molecule has 0 fully saturated rings. The van der Waals surface area contributed by atoms with Gasteiger partial charge in [0.1, 0.15) is 0 Å². The Labute approximate surface area is 129 Å². The molecule has 0 unspecified atom stereocenters. The highest BCUT2D eigenvalue weighted by Gasteiger charge is 2.09. The van der Waals surface area contributed by atoms with Gasteiger partial charge in [-0.25, -0.2) is 9.59 Å². The summed E-state index contributed by atoms with van der Waals surface area (Å²) in [6.07, 6.45) is 8.58. The number of allylic oxidation sites excluding steroid dienone is 4. The predicted molar refractivity (Wildman–Crippen MR) is 87.8 cm³/mol. The first-order valence-corrected chi connectivity index (χ1v) is 6.46. The molecule has 2 N–H and O–H groups in total. The topological polar surface area (TPSA) is 99.3 Å². The van der Waals surface area contributed by atoms with Crippen LogP contribution < -0.4 is 0 Å². The molecule has 0 aliphatic carbocycles. The van der Waals surface area contributed by atoms with Crippen LogP contribution >= 0.6 is 0 Å². The first-order valence-electron chi connectivity index (χ1n) is 6.46. The van der Waals surface area contributed by atoms with Gasteiger partial charge in [0.15, 0.2) is 0 Å². The van der Waals surface area contributed by atoms with E-state index in [1.165, 1.54) is 44.6 Å². The van der Waals surface area contributed by atoms with E-state index in [9.17, 15) is 9.59 Å². The summed E-state index contributed by atoms with van der Waals surface area (Å²) in [4.78, 5) is 30.0. The van der Waals surface area contributed by atoms with Crippen LogP contribution in [0, 0.1) is 0 Å². The molecule has 6 heteroatoms. The van der Waals surface area contributed by atoms with Crippen LogP contribution in [0.3, 0.4) is 0 Å². The molecule has 0 aliphatic heterocycles. The van der Waals surface area contributed by atoms with Crippen molar-refractivity contribution in [1.82, 2.24) is 0 Å². The molecule has 0 aliphatic rings. The third kappa shape index (κ3) is 6.60. The van der Waals surface area contributed by atoms with Crippen LogP contribution in [0.1, 0.15) is 13.8 Å². The predicted octanol–water partition coefficient (Wildman–Crippen LogP) is 2.30. The standard InChI is InChI=1S/C16H20N2O4/c1-5-6-12(15(19)20)10-14(18-4)11(2)9-13(16(21)22)7-8-17-3/h5-10H,1-4H3,(H,19,20)(H,21,22)/b6-5-,11-9+,12-10+,13-7+,17-8?,18-14?. The average molecular weight is 304 g/mol. The van der Waals surface area contributed by atoms with Gasteiger partial charge in [-0.3, -0.25) is 9.98 Å². The Morgan fingerprint density at radius 2 is 1.59 bits per heavy atom. The maximum absolute atomic E-state index is 11.1. The van der Waals surface area contributed by atoms with Gasteiger partial charge in [0.05, 0.1) is 16.9 Å². The molecule has 0 aromatic heterocycles. The van der Waals surface area contributed by atoms with Crippen molar-refractivity contribution < 1.29 is 19.8 Å². The van der Waals surface area contributed by atoms with Crippen molar-refractivity contribution >= 4 is 23.9 Å². The highest BCUT2D eigenvalue weighted by molar-refractivity contribution is 6.13. The fourth-order valence-corrected chi connectivity index (χ4v) is 1.51. The lowest BCUT2D eigenvalue weighted by Gasteiger charge is -2.03. The molecule has 22 heavy (non-hydrogen) atoms. The molecule has 0 rings (SSSR count). The molecule has 0 atom stereocenters. The van der Waals surface area contributed by atoms with Crippen molar-refractivity contribution in [1.29, 1.82) is 0 Å². The highest BCUT2D eigenvalue weighted by atomic mass is 16.4. The first-order chi connectivity index (χ1) is 10.4. The van der Waals surface area contributed by atoms with E-state index in [-0.39, 0.29) is 11.1 Å². The lowest BCUT2D eigenvalue weighted by Crippen LogP contribution is -2.06. The molecule has 0 aromatic carbocycles. The molecule has 6 nitrogen and oxygen atoms in total. The van der Waals surface area contributed by atoms with Crippen LogP contribution in [0.5, 0.6) is 0 Å². The summed E-state index contributed by atoms with van der Waals surface area (Å²) in [6, 6.07) is 0. The largest absolute Gasteiger partial charge is 0.478 e. The number of carbonyl (C=O) groups is 2. The molecular formula is C16H20N2O4. The van der Waals surface area contributed by atoms with Crippen LogP contribution in [0.25, 0.3) is 0 Å². The number of aliphatic carboxylic acids is 2. The lowest BCUT2D eigenvalue weighted by atomic mass is 10.0. The van der Waals surface area contributed by atoms with E-state index >= 15 is 0 Å². The second-order valence-electron chi connectivity index (χ2n) is 4.18. The summed E-state index contributed by atoms with van der Waals surface area (Å²) in [7, 11) is 3.04. The van der Waals surface area contributed by atoms with Crippen LogP contribution in [0.4, 0.5) is 0 Å². The van der Waals surface area contributed by atoms with Crippen LogP contribution in [0.15, 0.2) is 57.1 Å². The summed E-state index contributed by atoms with van der Waals surface area (Å²) in [6.45, 7) is 3.37. The summed E-state index contributed by atoms with van der Waals surface area (Å²) in [5, 5.41) is 18.2. The van der Waals surface area contributed by atoms with Crippen molar-refractivity contribution in [2.24, 2.45) is 9.98 Å². The second kappa shape index (κ2) is 10.0. The molecule has 0 amide bonds. The van der Waals surface area contributed by atoms with Gasteiger partial charge < -0.3 is 10.2 Å². The minimum atomic E-state index is -1.11. The SMILES string of the molecule is C/C=C\C(=C/C(=NC)/C(C)=C/C(=C\C=NC)C(=O)O)C(=O)O. The fourth-order valence-electron chi connectivity index (χ4n) is 1.51. The van der Waals surface area contributed by atoms with Gasteiger partial charge in [-0.1, -0.05) is 12.2 Å². The van der Waals surface area contributed by atoms with Crippen molar-refractivity contribution in [3.63, 3.8) is 0 Å². The van der Waals surface area contributed by atoms with Gasteiger partial charge in [-0.05, 0) is 37.6 Å². The van der Waals surface area contributed by atoms with Gasteiger partial charge in [-0.2, -0.15) is 0 Å². The third-order valence-corrected chi connectivity index (χ3v) is 2.55. The van der Waals surface area contributed by atoms with E-state index in [0.29, 0.717) is 11.3 Å². The van der Waals surface area contributed by atoms with Crippen molar-refractivity contribution in [3.05, 3.63) is 47.1 Å². The van der Waals surface area contributed by atoms with E-state index < -0.39 is 11.9 Å². The van der Waals surface area contributed by atoms with Gasteiger partial charge in [-0.15, -0.1) is 0 Å². The Kier molecular flexibility index (Phi) is 8.78. The van der Waals surface area contributed by atoms with Gasteiger partial charge in [0.25, 0.3) is 0 Å². The van der Waals surface area contributed by atoms with E-state index in [1.54, 1.807) is 19.9 Å². The van der Waals surface area contributed by atoms with Gasteiger partial charge in [0, 0.05) is 20.3 Å². The summed E-state index contributed by atoms with van der Waals surface area (Å²) in [5.41, 5.74) is 1.01. The summed E-state index contributed by atoms with van der Waals surface area (Å²) >= 11 is 0. The number of hydrogen-bond acceptors (Lipinski definition) is 4. The zero-order valence-electron chi connectivity index (χ0n) is 13.1. The number of carboxylic acid groups (broad SMARTS) is 2. The fraction of sp³-hybridized carbons (Fsp3) is 0.250.